The zero-order chi connectivity index (χ0) is 14.1. The molecular weight excluding hydrogens is 318 g/mol. The second-order valence-electron chi connectivity index (χ2n) is 4.67. The fourth-order valence-corrected chi connectivity index (χ4v) is 1.94. The maximum atomic E-state index is 12.0. The Labute approximate surface area is 116 Å². The first kappa shape index (κ1) is 15.2. The number of rotatable bonds is 3. The third-order valence-corrected chi connectivity index (χ3v) is 6.01. The highest BCUT2D eigenvalue weighted by Crippen LogP contribution is 2.27. The number of benzene rings is 1. The lowest BCUT2D eigenvalue weighted by molar-refractivity contribution is -0.117. The number of anilines is 1. The van der Waals surface area contributed by atoms with Crippen molar-refractivity contribution in [1.82, 2.24) is 0 Å². The molecule has 0 spiro atoms. The van der Waals surface area contributed by atoms with E-state index < -0.39 is 20.5 Å². The summed E-state index contributed by atoms with van der Waals surface area (Å²) in [5, 5.41) is 2.63. The van der Waals surface area contributed by atoms with Crippen molar-refractivity contribution in [1.29, 1.82) is 0 Å². The van der Waals surface area contributed by atoms with Gasteiger partial charge in [0.15, 0.2) is 9.84 Å². The van der Waals surface area contributed by atoms with E-state index in [1.54, 1.807) is 12.1 Å². The van der Waals surface area contributed by atoms with E-state index in [2.05, 4.69) is 21.2 Å². The van der Waals surface area contributed by atoms with E-state index in [0.717, 1.165) is 16.3 Å². The predicted molar refractivity (Wildman–Crippen MR) is 76.4 cm³/mol. The summed E-state index contributed by atoms with van der Waals surface area (Å²) < 4.78 is 22.4. The second kappa shape index (κ2) is 5.01. The van der Waals surface area contributed by atoms with E-state index in [1.165, 1.54) is 13.8 Å². The van der Waals surface area contributed by atoms with Gasteiger partial charge in [0.25, 0.3) is 0 Å². The van der Waals surface area contributed by atoms with Crippen LogP contribution >= 0.6 is 15.9 Å². The Morgan fingerprint density at radius 2 is 1.89 bits per heavy atom. The molecule has 0 saturated carbocycles. The highest BCUT2D eigenvalue weighted by atomic mass is 79.9. The van der Waals surface area contributed by atoms with Crippen LogP contribution in [0.5, 0.6) is 0 Å². The lowest BCUT2D eigenvalue weighted by atomic mass is 10.1. The highest BCUT2D eigenvalue weighted by molar-refractivity contribution is 9.10. The Balaban J connectivity index is 3.06. The second-order valence-corrected chi connectivity index (χ2v) is 8.03. The van der Waals surface area contributed by atoms with Crippen LogP contribution in [-0.4, -0.2) is 25.3 Å². The minimum atomic E-state index is -3.47. The van der Waals surface area contributed by atoms with Gasteiger partial charge in [-0.1, -0.05) is 12.1 Å². The smallest absolute Gasteiger partial charge is 0.245 e. The molecule has 0 radical (unpaired) electrons. The Morgan fingerprint density at radius 3 is 2.39 bits per heavy atom. The fourth-order valence-electron chi connectivity index (χ4n) is 1.19. The van der Waals surface area contributed by atoms with Crippen LogP contribution in [0.25, 0.3) is 0 Å². The lowest BCUT2D eigenvalue weighted by Crippen LogP contribution is -2.43. The van der Waals surface area contributed by atoms with E-state index in [9.17, 15) is 13.2 Å². The van der Waals surface area contributed by atoms with Gasteiger partial charge in [-0.15, -0.1) is 0 Å². The average Bonchev–Trinajstić information content (AvgIpc) is 2.23. The summed E-state index contributed by atoms with van der Waals surface area (Å²) >= 11 is 3.36. The van der Waals surface area contributed by atoms with Crippen LogP contribution < -0.4 is 5.32 Å². The number of hydrogen-bond acceptors (Lipinski definition) is 3. The van der Waals surface area contributed by atoms with Crippen molar-refractivity contribution in [2.24, 2.45) is 0 Å². The maximum absolute atomic E-state index is 12.0. The molecule has 6 heteroatoms. The summed E-state index contributed by atoms with van der Waals surface area (Å²) in [5.41, 5.74) is 1.53. The third-order valence-electron chi connectivity index (χ3n) is 2.91. The van der Waals surface area contributed by atoms with Gasteiger partial charge < -0.3 is 5.32 Å². The molecule has 0 unspecified atom stereocenters. The Hall–Kier alpha value is -0.880. The van der Waals surface area contributed by atoms with E-state index in [4.69, 9.17) is 0 Å². The van der Waals surface area contributed by atoms with Gasteiger partial charge in [0.05, 0.1) is 5.69 Å². The topological polar surface area (TPSA) is 63.2 Å². The van der Waals surface area contributed by atoms with Crippen molar-refractivity contribution in [2.45, 2.75) is 25.5 Å². The number of halogens is 1. The summed E-state index contributed by atoms with van der Waals surface area (Å²) in [6.07, 6.45) is 1.05. The SMILES string of the molecule is Cc1cccc(NC(=O)C(C)(C)S(C)(=O)=O)c1Br. The molecule has 0 bridgehead atoms. The molecule has 1 aromatic rings. The largest absolute Gasteiger partial charge is 0.324 e. The van der Waals surface area contributed by atoms with Crippen molar-refractivity contribution >= 4 is 37.4 Å². The molecule has 0 heterocycles. The summed E-state index contributed by atoms with van der Waals surface area (Å²) in [4.78, 5) is 12.0. The van der Waals surface area contributed by atoms with Gasteiger partial charge >= 0.3 is 0 Å². The van der Waals surface area contributed by atoms with Crippen LogP contribution in [-0.2, 0) is 14.6 Å². The van der Waals surface area contributed by atoms with Crippen molar-refractivity contribution in [2.75, 3.05) is 11.6 Å². The monoisotopic (exact) mass is 333 g/mol. The Bertz CT molecular complexity index is 579. The number of sulfone groups is 1. The number of amides is 1. The average molecular weight is 334 g/mol. The van der Waals surface area contributed by atoms with Crippen molar-refractivity contribution in [3.8, 4) is 0 Å². The van der Waals surface area contributed by atoms with Crippen LogP contribution in [0.1, 0.15) is 19.4 Å². The molecular formula is C12H16BrNO3S. The molecule has 0 aliphatic rings. The van der Waals surface area contributed by atoms with Gasteiger partial charge in [-0.25, -0.2) is 8.42 Å². The van der Waals surface area contributed by atoms with Crippen molar-refractivity contribution in [3.05, 3.63) is 28.2 Å². The van der Waals surface area contributed by atoms with Gasteiger partial charge in [-0.05, 0) is 48.3 Å². The minimum absolute atomic E-state index is 0.545. The summed E-state index contributed by atoms with van der Waals surface area (Å²) in [5.74, 6) is -0.545. The molecule has 0 aliphatic heterocycles. The first-order chi connectivity index (χ1) is 8.07. The molecule has 0 aromatic heterocycles. The fraction of sp³-hybridized carbons (Fsp3) is 0.417. The molecule has 4 nitrogen and oxygen atoms in total. The first-order valence-corrected chi connectivity index (χ1v) is 8.02. The molecule has 1 amide bonds. The molecule has 0 saturated heterocycles. The van der Waals surface area contributed by atoms with Gasteiger partial charge in [-0.3, -0.25) is 4.79 Å². The van der Waals surface area contributed by atoms with Gasteiger partial charge in [0, 0.05) is 10.7 Å². The Kier molecular flexibility index (Phi) is 4.23. The zero-order valence-electron chi connectivity index (χ0n) is 10.7. The van der Waals surface area contributed by atoms with Crippen molar-refractivity contribution in [3.63, 3.8) is 0 Å². The number of carbonyl (C=O) groups is 1. The number of aryl methyl sites for hydroxylation is 1. The molecule has 1 aromatic carbocycles. The standard InChI is InChI=1S/C12H16BrNO3S/c1-8-6-5-7-9(10(8)13)14-11(15)12(2,3)18(4,16)17/h5-7H,1-4H3,(H,14,15). The first-order valence-electron chi connectivity index (χ1n) is 5.33. The molecule has 1 rings (SSSR count). The normalized spacial score (nSPS) is 12.3. The minimum Gasteiger partial charge on any atom is -0.324 e. The molecule has 1 N–H and O–H groups in total. The van der Waals surface area contributed by atoms with Gasteiger partial charge in [-0.2, -0.15) is 0 Å². The van der Waals surface area contributed by atoms with Crippen LogP contribution in [0.3, 0.4) is 0 Å². The third kappa shape index (κ3) is 2.92. The maximum Gasteiger partial charge on any atom is 0.245 e. The number of hydrogen-bond donors (Lipinski definition) is 1. The van der Waals surface area contributed by atoms with Crippen molar-refractivity contribution < 1.29 is 13.2 Å². The molecule has 0 aliphatic carbocycles. The van der Waals surface area contributed by atoms with E-state index in [-0.39, 0.29) is 0 Å². The quantitative estimate of drug-likeness (QED) is 0.924. The summed E-state index contributed by atoms with van der Waals surface area (Å²) in [6, 6.07) is 5.40. The van der Waals surface area contributed by atoms with Crippen LogP contribution in [0.2, 0.25) is 0 Å². The highest BCUT2D eigenvalue weighted by Gasteiger charge is 2.38. The number of carbonyl (C=O) groups excluding carboxylic acids is 1. The van der Waals surface area contributed by atoms with Gasteiger partial charge in [0.2, 0.25) is 5.91 Å². The molecule has 0 fully saturated rings. The van der Waals surface area contributed by atoms with Crippen LogP contribution in [0.4, 0.5) is 5.69 Å². The number of nitrogens with one attached hydrogen (secondary N) is 1. The van der Waals surface area contributed by atoms with E-state index >= 15 is 0 Å². The summed E-state index contributed by atoms with van der Waals surface area (Å²) in [7, 11) is -3.47. The Morgan fingerprint density at radius 1 is 1.33 bits per heavy atom. The van der Waals surface area contributed by atoms with E-state index in [1.807, 2.05) is 13.0 Å². The molecule has 18 heavy (non-hydrogen) atoms. The van der Waals surface area contributed by atoms with Gasteiger partial charge in [0.1, 0.15) is 4.75 Å². The lowest BCUT2D eigenvalue weighted by Gasteiger charge is -2.22. The zero-order valence-corrected chi connectivity index (χ0v) is 13.1. The molecule has 0 atom stereocenters. The van der Waals surface area contributed by atoms with E-state index in [0.29, 0.717) is 5.69 Å². The van der Waals surface area contributed by atoms with Crippen LogP contribution in [0, 0.1) is 6.92 Å². The predicted octanol–water partition coefficient (Wildman–Crippen LogP) is 2.52. The summed E-state index contributed by atoms with van der Waals surface area (Å²) in [6.45, 7) is 4.67. The van der Waals surface area contributed by atoms with Crippen LogP contribution in [0.15, 0.2) is 22.7 Å². The molecule has 100 valence electrons.